The number of hydrogen-bond acceptors (Lipinski definition) is 2. The first-order valence-electron chi connectivity index (χ1n) is 12.7. The minimum atomic E-state index is -0.0909. The van der Waals surface area contributed by atoms with Crippen molar-refractivity contribution in [1.82, 2.24) is 4.98 Å². The number of aryl methyl sites for hydroxylation is 1. The molecule has 2 nitrogen and oxygen atoms in total. The summed E-state index contributed by atoms with van der Waals surface area (Å²) in [6.07, 6.45) is 19.0. The molecule has 3 saturated carbocycles. The first kappa shape index (κ1) is 20.7. The second kappa shape index (κ2) is 7.76. The zero-order valence-corrected chi connectivity index (χ0v) is 19.3. The number of nitrogens with zero attached hydrogens (tertiary/aromatic N) is 1. The standard InChI is InChI=1S/C28H41NO/c1-19(4-5-20-12-16-29-17-13-20)24-8-9-25-23-7-6-21-18-22(30)10-14-27(21,2)26(23)11-15-28(24,25)3/h6,12-13,16-17,19,22-26,30H,4-5,7-11,14-15,18H2,1-3H3/t19?,22?,23?,24-,25?,26?,27?,28?/m1/s1. The number of aromatic nitrogens is 1. The van der Waals surface area contributed by atoms with Crippen molar-refractivity contribution in [3.05, 3.63) is 41.7 Å². The second-order valence-corrected chi connectivity index (χ2v) is 11.8. The van der Waals surface area contributed by atoms with Gasteiger partial charge in [-0.2, -0.15) is 0 Å². The van der Waals surface area contributed by atoms with E-state index in [4.69, 9.17) is 0 Å². The molecule has 4 aliphatic rings. The van der Waals surface area contributed by atoms with Crippen LogP contribution in [0.5, 0.6) is 0 Å². The van der Waals surface area contributed by atoms with Gasteiger partial charge in [-0.15, -0.1) is 0 Å². The fourth-order valence-electron chi connectivity index (χ4n) is 8.76. The maximum absolute atomic E-state index is 10.2. The van der Waals surface area contributed by atoms with E-state index in [9.17, 15) is 5.11 Å². The topological polar surface area (TPSA) is 33.1 Å². The van der Waals surface area contributed by atoms with Crippen molar-refractivity contribution in [2.75, 3.05) is 0 Å². The largest absolute Gasteiger partial charge is 0.393 e. The van der Waals surface area contributed by atoms with Crippen LogP contribution in [0.3, 0.4) is 0 Å². The number of hydrogen-bond donors (Lipinski definition) is 1. The first-order valence-corrected chi connectivity index (χ1v) is 12.7. The minimum Gasteiger partial charge on any atom is -0.393 e. The van der Waals surface area contributed by atoms with E-state index in [1.54, 1.807) is 5.57 Å². The van der Waals surface area contributed by atoms with Gasteiger partial charge in [0, 0.05) is 12.4 Å². The van der Waals surface area contributed by atoms with Crippen LogP contribution in [0.2, 0.25) is 0 Å². The van der Waals surface area contributed by atoms with Crippen molar-refractivity contribution in [2.24, 2.45) is 40.4 Å². The molecule has 1 aromatic heterocycles. The number of fused-ring (bicyclic) bond motifs is 5. The van der Waals surface area contributed by atoms with Gasteiger partial charge in [0.15, 0.2) is 0 Å². The van der Waals surface area contributed by atoms with E-state index in [2.05, 4.69) is 44.0 Å². The number of pyridine rings is 1. The third-order valence-corrected chi connectivity index (χ3v) is 10.5. The van der Waals surface area contributed by atoms with Crippen LogP contribution < -0.4 is 0 Å². The van der Waals surface area contributed by atoms with Gasteiger partial charge in [0.2, 0.25) is 0 Å². The van der Waals surface area contributed by atoms with E-state index in [1.165, 1.54) is 56.9 Å². The van der Waals surface area contributed by atoms with E-state index < -0.39 is 0 Å². The Morgan fingerprint density at radius 2 is 1.87 bits per heavy atom. The molecule has 4 aliphatic carbocycles. The molecule has 3 fully saturated rings. The highest BCUT2D eigenvalue weighted by atomic mass is 16.3. The van der Waals surface area contributed by atoms with Gasteiger partial charge in [-0.25, -0.2) is 0 Å². The van der Waals surface area contributed by atoms with Crippen LogP contribution in [0.4, 0.5) is 0 Å². The molecule has 1 N–H and O–H groups in total. The molecule has 8 atom stereocenters. The Balaban J connectivity index is 1.31. The van der Waals surface area contributed by atoms with Crippen LogP contribution in [0, 0.1) is 40.4 Å². The summed E-state index contributed by atoms with van der Waals surface area (Å²) in [4.78, 5) is 4.17. The molecular weight excluding hydrogens is 366 g/mol. The lowest BCUT2D eigenvalue weighted by Crippen LogP contribution is -2.50. The van der Waals surface area contributed by atoms with Crippen molar-refractivity contribution < 1.29 is 5.11 Å². The van der Waals surface area contributed by atoms with Crippen LogP contribution >= 0.6 is 0 Å². The highest BCUT2D eigenvalue weighted by Crippen LogP contribution is 2.67. The Hall–Kier alpha value is -1.15. The lowest BCUT2D eigenvalue weighted by molar-refractivity contribution is -0.0571. The Morgan fingerprint density at radius 1 is 1.07 bits per heavy atom. The van der Waals surface area contributed by atoms with Gasteiger partial charge in [-0.1, -0.05) is 32.4 Å². The molecule has 1 heterocycles. The van der Waals surface area contributed by atoms with Gasteiger partial charge in [-0.3, -0.25) is 4.98 Å². The van der Waals surface area contributed by atoms with Crippen LogP contribution in [0.15, 0.2) is 36.2 Å². The Kier molecular flexibility index (Phi) is 5.37. The van der Waals surface area contributed by atoms with Gasteiger partial charge in [0.25, 0.3) is 0 Å². The lowest BCUT2D eigenvalue weighted by atomic mass is 9.47. The van der Waals surface area contributed by atoms with Crippen LogP contribution in [-0.4, -0.2) is 16.2 Å². The summed E-state index contributed by atoms with van der Waals surface area (Å²) < 4.78 is 0. The van der Waals surface area contributed by atoms with Gasteiger partial charge in [0.1, 0.15) is 0 Å². The minimum absolute atomic E-state index is 0.0909. The maximum Gasteiger partial charge on any atom is 0.0577 e. The normalized spacial score (nSPS) is 43.9. The monoisotopic (exact) mass is 407 g/mol. The van der Waals surface area contributed by atoms with Gasteiger partial charge >= 0.3 is 0 Å². The molecular formula is C28H41NO. The van der Waals surface area contributed by atoms with E-state index in [0.29, 0.717) is 10.8 Å². The average Bonchev–Trinajstić information content (AvgIpc) is 3.10. The van der Waals surface area contributed by atoms with Crippen molar-refractivity contribution >= 4 is 0 Å². The molecule has 0 saturated heterocycles. The molecule has 164 valence electrons. The van der Waals surface area contributed by atoms with E-state index in [-0.39, 0.29) is 6.10 Å². The van der Waals surface area contributed by atoms with Gasteiger partial charge < -0.3 is 5.11 Å². The number of aliphatic hydroxyl groups is 1. The highest BCUT2D eigenvalue weighted by Gasteiger charge is 2.59. The molecule has 0 bridgehead atoms. The van der Waals surface area contributed by atoms with Gasteiger partial charge in [0.05, 0.1) is 6.10 Å². The third-order valence-electron chi connectivity index (χ3n) is 10.5. The molecule has 0 radical (unpaired) electrons. The van der Waals surface area contributed by atoms with E-state index in [0.717, 1.165) is 42.4 Å². The summed E-state index contributed by atoms with van der Waals surface area (Å²) in [7, 11) is 0. The third kappa shape index (κ3) is 3.29. The van der Waals surface area contributed by atoms with Gasteiger partial charge in [-0.05, 0) is 122 Å². The first-order chi connectivity index (χ1) is 14.4. The van der Waals surface area contributed by atoms with Crippen molar-refractivity contribution in [3.8, 4) is 0 Å². The van der Waals surface area contributed by atoms with E-state index >= 15 is 0 Å². The predicted octanol–water partition coefficient (Wildman–Crippen LogP) is 6.59. The lowest BCUT2D eigenvalue weighted by Gasteiger charge is -2.58. The summed E-state index contributed by atoms with van der Waals surface area (Å²) in [5.41, 5.74) is 3.95. The Bertz CT molecular complexity index is 787. The van der Waals surface area contributed by atoms with Crippen LogP contribution in [-0.2, 0) is 6.42 Å². The van der Waals surface area contributed by atoms with Crippen molar-refractivity contribution in [3.63, 3.8) is 0 Å². The Morgan fingerprint density at radius 3 is 2.67 bits per heavy atom. The fourth-order valence-corrected chi connectivity index (χ4v) is 8.76. The predicted molar refractivity (Wildman–Crippen MR) is 123 cm³/mol. The molecule has 0 aromatic carbocycles. The summed E-state index contributed by atoms with van der Waals surface area (Å²) in [6.45, 7) is 7.75. The van der Waals surface area contributed by atoms with Crippen LogP contribution in [0.25, 0.3) is 0 Å². The molecule has 1 aromatic rings. The molecule has 0 amide bonds. The summed E-state index contributed by atoms with van der Waals surface area (Å²) in [5, 5.41) is 10.2. The molecule has 2 heteroatoms. The smallest absolute Gasteiger partial charge is 0.0577 e. The molecule has 30 heavy (non-hydrogen) atoms. The molecule has 0 spiro atoms. The number of aliphatic hydroxyl groups excluding tert-OH is 1. The maximum atomic E-state index is 10.2. The molecule has 5 rings (SSSR count). The zero-order chi connectivity index (χ0) is 20.9. The number of allylic oxidation sites excluding steroid dienone is 1. The SMILES string of the molecule is CC(CCc1ccncc1)[C@H]1CCC2C3CC=C4CC(O)CCC4(C)C3CCC21C. The average molecular weight is 408 g/mol. The highest BCUT2D eigenvalue weighted by molar-refractivity contribution is 5.25. The fraction of sp³-hybridized carbons (Fsp3) is 0.750. The van der Waals surface area contributed by atoms with E-state index in [1.807, 2.05) is 12.4 Å². The number of rotatable bonds is 4. The molecule has 0 aliphatic heterocycles. The quantitative estimate of drug-likeness (QED) is 0.571. The van der Waals surface area contributed by atoms with Crippen LogP contribution in [0.1, 0.15) is 84.1 Å². The van der Waals surface area contributed by atoms with Crippen molar-refractivity contribution in [2.45, 2.75) is 91.1 Å². The molecule has 7 unspecified atom stereocenters. The summed E-state index contributed by atoms with van der Waals surface area (Å²) in [5.74, 6) is 4.33. The second-order valence-electron chi connectivity index (χ2n) is 11.8. The zero-order valence-electron chi connectivity index (χ0n) is 19.3. The summed E-state index contributed by atoms with van der Waals surface area (Å²) >= 11 is 0. The Labute approximate surface area is 183 Å². The van der Waals surface area contributed by atoms with Crippen molar-refractivity contribution in [1.29, 1.82) is 0 Å². The summed E-state index contributed by atoms with van der Waals surface area (Å²) in [6, 6.07) is 4.37.